The van der Waals surface area contributed by atoms with Crippen LogP contribution in [-0.2, 0) is 0 Å². The Morgan fingerprint density at radius 3 is 2.36 bits per heavy atom. The predicted molar refractivity (Wildman–Crippen MR) is 47.2 cm³/mol. The summed E-state index contributed by atoms with van der Waals surface area (Å²) in [6, 6.07) is 7.40. The van der Waals surface area contributed by atoms with Crippen molar-refractivity contribution in [2.75, 3.05) is 5.73 Å². The van der Waals surface area contributed by atoms with Crippen molar-refractivity contribution in [2.45, 2.75) is 0 Å². The Morgan fingerprint density at radius 2 is 1.82 bits per heavy atom. The topological polar surface area (TPSA) is 78.1 Å². The van der Waals surface area contributed by atoms with Gasteiger partial charge in [-0.2, -0.15) is 0 Å². The Hall–Kier alpha value is -1.64. The van der Waals surface area contributed by atoms with Crippen LogP contribution >= 0.6 is 0 Å². The van der Waals surface area contributed by atoms with Crippen LogP contribution in [0.15, 0.2) is 30.1 Å². The van der Waals surface area contributed by atoms with Gasteiger partial charge in [0.1, 0.15) is 0 Å². The zero-order valence-electron chi connectivity index (χ0n) is 6.12. The minimum absolute atomic E-state index is 0.267. The normalized spacial score (nSPS) is 9.09. The van der Waals surface area contributed by atoms with Crippen molar-refractivity contribution in [1.29, 1.82) is 0 Å². The van der Waals surface area contributed by atoms with Crippen molar-refractivity contribution in [3.63, 3.8) is 0 Å². The summed E-state index contributed by atoms with van der Waals surface area (Å²) in [7, 11) is 0. The van der Waals surface area contributed by atoms with E-state index in [1.807, 2.05) is 18.2 Å². The molecule has 1 aromatic carbocycles. The summed E-state index contributed by atoms with van der Waals surface area (Å²) in [5.41, 5.74) is 17.7. The van der Waals surface area contributed by atoms with Gasteiger partial charge in [-0.25, -0.2) is 0 Å². The Balaban J connectivity index is 3.04. The molecule has 0 radical (unpaired) electrons. The molecule has 0 amide bonds. The van der Waals surface area contributed by atoms with Crippen LogP contribution in [0.5, 0.6) is 0 Å². The molecular formula is C8H11N3. The number of nitrogen functional groups attached to an aromatic ring is 1. The van der Waals surface area contributed by atoms with Crippen LogP contribution in [0.4, 0.5) is 5.69 Å². The van der Waals surface area contributed by atoms with Gasteiger partial charge in [0.25, 0.3) is 0 Å². The monoisotopic (exact) mass is 149 g/mol. The molecule has 1 rings (SSSR count). The molecule has 0 saturated carbocycles. The molecule has 0 atom stereocenters. The Morgan fingerprint density at radius 1 is 1.18 bits per heavy atom. The third-order valence-electron chi connectivity index (χ3n) is 1.32. The summed E-state index contributed by atoms with van der Waals surface area (Å²) in [6.07, 6.45) is 1.63. The molecule has 3 nitrogen and oxygen atoms in total. The number of anilines is 1. The van der Waals surface area contributed by atoms with Crippen molar-refractivity contribution >= 4 is 11.8 Å². The van der Waals surface area contributed by atoms with Crippen LogP contribution in [0, 0.1) is 0 Å². The van der Waals surface area contributed by atoms with Crippen LogP contribution in [0.25, 0.3) is 6.08 Å². The number of benzene rings is 1. The first-order valence-corrected chi connectivity index (χ1v) is 3.27. The van der Waals surface area contributed by atoms with Gasteiger partial charge in [0, 0.05) is 11.3 Å². The highest BCUT2D eigenvalue weighted by Crippen LogP contribution is 2.11. The maximum absolute atomic E-state index is 5.61. The van der Waals surface area contributed by atoms with Crippen LogP contribution in [0.1, 0.15) is 5.56 Å². The van der Waals surface area contributed by atoms with Crippen LogP contribution in [0.3, 0.4) is 0 Å². The van der Waals surface area contributed by atoms with E-state index < -0.39 is 0 Å². The third kappa shape index (κ3) is 1.89. The number of hydrogen-bond acceptors (Lipinski definition) is 3. The third-order valence-corrected chi connectivity index (χ3v) is 1.32. The minimum atomic E-state index is 0.267. The molecule has 58 valence electrons. The fourth-order valence-electron chi connectivity index (χ4n) is 0.822. The quantitative estimate of drug-likeness (QED) is 0.508. The maximum atomic E-state index is 5.61. The molecule has 0 aliphatic heterocycles. The summed E-state index contributed by atoms with van der Waals surface area (Å²) in [5.74, 6) is 0.267. The zero-order valence-corrected chi connectivity index (χ0v) is 6.12. The van der Waals surface area contributed by atoms with Crippen molar-refractivity contribution in [3.8, 4) is 0 Å². The maximum Gasteiger partial charge on any atom is 0.0940 e. The second-order valence-electron chi connectivity index (χ2n) is 2.27. The Kier molecular flexibility index (Phi) is 2.01. The van der Waals surface area contributed by atoms with E-state index in [9.17, 15) is 0 Å². The lowest BCUT2D eigenvalue weighted by Crippen LogP contribution is -2.07. The molecule has 0 unspecified atom stereocenters. The highest BCUT2D eigenvalue weighted by Gasteiger charge is 1.91. The van der Waals surface area contributed by atoms with Crippen molar-refractivity contribution in [2.24, 2.45) is 11.5 Å². The first-order valence-electron chi connectivity index (χ1n) is 3.27. The molecule has 0 fully saturated rings. The van der Waals surface area contributed by atoms with Gasteiger partial charge in [0.05, 0.1) is 5.82 Å². The summed E-state index contributed by atoms with van der Waals surface area (Å²) in [6.45, 7) is 0. The van der Waals surface area contributed by atoms with Crippen molar-refractivity contribution in [1.82, 2.24) is 0 Å². The van der Waals surface area contributed by atoms with Gasteiger partial charge in [-0.15, -0.1) is 0 Å². The smallest absolute Gasteiger partial charge is 0.0940 e. The molecule has 0 spiro atoms. The fraction of sp³-hybridized carbons (Fsp3) is 0. The second-order valence-corrected chi connectivity index (χ2v) is 2.27. The van der Waals surface area contributed by atoms with Crippen LogP contribution in [0.2, 0.25) is 0 Å². The molecule has 6 N–H and O–H groups in total. The molecule has 0 bridgehead atoms. The second kappa shape index (κ2) is 2.96. The van der Waals surface area contributed by atoms with E-state index in [-0.39, 0.29) is 5.82 Å². The lowest BCUT2D eigenvalue weighted by atomic mass is 10.2. The first-order chi connectivity index (χ1) is 5.20. The average Bonchev–Trinajstić information content (AvgIpc) is 1.93. The van der Waals surface area contributed by atoms with E-state index in [0.29, 0.717) is 5.69 Å². The molecule has 0 aromatic heterocycles. The van der Waals surface area contributed by atoms with Crippen molar-refractivity contribution < 1.29 is 0 Å². The standard InChI is InChI=1S/C8H11N3/c9-7-4-2-1-3-6(7)5-8(10)11/h1-5H,9-11H2. The molecule has 3 heteroatoms. The zero-order chi connectivity index (χ0) is 8.27. The Bertz CT molecular complexity index is 274. The number of para-hydroxylation sites is 1. The molecule has 0 heterocycles. The number of rotatable bonds is 1. The van der Waals surface area contributed by atoms with E-state index in [1.54, 1.807) is 12.1 Å². The number of nitrogens with two attached hydrogens (primary N) is 3. The highest BCUT2D eigenvalue weighted by molar-refractivity contribution is 5.65. The highest BCUT2D eigenvalue weighted by atomic mass is 14.8. The van der Waals surface area contributed by atoms with Crippen LogP contribution < -0.4 is 17.2 Å². The molecule has 0 aliphatic carbocycles. The summed E-state index contributed by atoms with van der Waals surface area (Å²) < 4.78 is 0. The van der Waals surface area contributed by atoms with Gasteiger partial charge in [0.2, 0.25) is 0 Å². The van der Waals surface area contributed by atoms with E-state index in [0.717, 1.165) is 5.56 Å². The molecular weight excluding hydrogens is 138 g/mol. The van der Waals surface area contributed by atoms with E-state index in [4.69, 9.17) is 17.2 Å². The predicted octanol–water partition coefficient (Wildman–Crippen LogP) is 0.485. The first kappa shape index (κ1) is 7.47. The van der Waals surface area contributed by atoms with Crippen LogP contribution in [-0.4, -0.2) is 0 Å². The number of hydrogen-bond donors (Lipinski definition) is 3. The summed E-state index contributed by atoms with van der Waals surface area (Å²) in [4.78, 5) is 0. The van der Waals surface area contributed by atoms with Gasteiger partial charge in [-0.3, -0.25) is 0 Å². The van der Waals surface area contributed by atoms with E-state index in [1.165, 1.54) is 0 Å². The summed E-state index contributed by atoms with van der Waals surface area (Å²) in [5, 5.41) is 0. The average molecular weight is 149 g/mol. The van der Waals surface area contributed by atoms with Gasteiger partial charge < -0.3 is 17.2 Å². The SMILES string of the molecule is NC(N)=Cc1ccccc1N. The van der Waals surface area contributed by atoms with Gasteiger partial charge in [-0.1, -0.05) is 18.2 Å². The van der Waals surface area contributed by atoms with Crippen molar-refractivity contribution in [3.05, 3.63) is 35.6 Å². The lowest BCUT2D eigenvalue weighted by molar-refractivity contribution is 1.27. The van der Waals surface area contributed by atoms with Gasteiger partial charge >= 0.3 is 0 Å². The summed E-state index contributed by atoms with van der Waals surface area (Å²) >= 11 is 0. The minimum Gasteiger partial charge on any atom is -0.398 e. The molecule has 1 aromatic rings. The molecule has 11 heavy (non-hydrogen) atoms. The molecule has 0 saturated heterocycles. The van der Waals surface area contributed by atoms with Gasteiger partial charge in [-0.05, 0) is 12.1 Å². The molecule has 0 aliphatic rings. The Labute approximate surface area is 65.5 Å². The fourth-order valence-corrected chi connectivity index (χ4v) is 0.822. The van der Waals surface area contributed by atoms with E-state index in [2.05, 4.69) is 0 Å². The largest absolute Gasteiger partial charge is 0.398 e. The van der Waals surface area contributed by atoms with Gasteiger partial charge in [0.15, 0.2) is 0 Å². The van der Waals surface area contributed by atoms with E-state index >= 15 is 0 Å². The lowest BCUT2D eigenvalue weighted by Gasteiger charge is -1.98.